The largest absolute Gasteiger partial charge is 0.462 e. The molecule has 0 spiro atoms. The number of ether oxygens (including phenoxy) is 1. The van der Waals surface area contributed by atoms with E-state index in [4.69, 9.17) is 14.9 Å². The van der Waals surface area contributed by atoms with Crippen molar-refractivity contribution < 1.29 is 13.4 Å². The van der Waals surface area contributed by atoms with Gasteiger partial charge in [0, 0.05) is 6.54 Å². The highest BCUT2D eigenvalue weighted by molar-refractivity contribution is 7.83. The van der Waals surface area contributed by atoms with E-state index < -0.39 is 11.2 Å². The van der Waals surface area contributed by atoms with Gasteiger partial charge in [0.15, 0.2) is 11.7 Å². The fraction of sp³-hybridized carbons (Fsp3) is 0.500. The number of nitrogens with zero attached hydrogens (tertiary/aromatic N) is 3. The second-order valence-electron chi connectivity index (χ2n) is 4.73. The highest BCUT2D eigenvalue weighted by atomic mass is 32.2. The lowest BCUT2D eigenvalue weighted by Crippen LogP contribution is -2.36. The van der Waals surface area contributed by atoms with Crippen LogP contribution in [0.2, 0.25) is 0 Å². The lowest BCUT2D eigenvalue weighted by Gasteiger charge is -2.06. The number of hydrogen-bond donors (Lipinski definition) is 2. The first-order chi connectivity index (χ1) is 10.0. The Morgan fingerprint density at radius 3 is 2.81 bits per heavy atom. The van der Waals surface area contributed by atoms with Crippen molar-refractivity contribution in [3.63, 3.8) is 0 Å². The topological polar surface area (TPSA) is 105 Å². The lowest BCUT2D eigenvalue weighted by molar-refractivity contribution is 0.109. The van der Waals surface area contributed by atoms with Crippen LogP contribution in [-0.2, 0) is 29.1 Å². The molecule has 2 heterocycles. The lowest BCUT2D eigenvalue weighted by atomic mass is 10.4. The molecular weight excluding hydrogens is 294 g/mol. The van der Waals surface area contributed by atoms with E-state index in [1.54, 1.807) is 0 Å². The summed E-state index contributed by atoms with van der Waals surface area (Å²) < 4.78 is 29.4. The van der Waals surface area contributed by atoms with Crippen LogP contribution in [0.3, 0.4) is 0 Å². The Bertz CT molecular complexity index is 567. The molecule has 1 aromatic heterocycles. The van der Waals surface area contributed by atoms with E-state index in [2.05, 4.69) is 14.1 Å². The Kier molecular flexibility index (Phi) is 5.48. The first-order valence-electron chi connectivity index (χ1n) is 6.44. The minimum absolute atomic E-state index is 0.160. The zero-order chi connectivity index (χ0) is 15.2. The first-order valence-corrected chi connectivity index (χ1v) is 7.50. The van der Waals surface area contributed by atoms with E-state index >= 15 is 0 Å². The van der Waals surface area contributed by atoms with Gasteiger partial charge < -0.3 is 25.1 Å². The van der Waals surface area contributed by atoms with Crippen LogP contribution in [0.1, 0.15) is 11.5 Å². The number of hydrogen-bond acceptors (Lipinski definition) is 6. The van der Waals surface area contributed by atoms with E-state index in [0.29, 0.717) is 25.6 Å². The van der Waals surface area contributed by atoms with Gasteiger partial charge in [-0.1, -0.05) is 0 Å². The number of rotatable bonds is 7. The molecule has 2 rings (SSSR count). The quantitative estimate of drug-likeness (QED) is 0.675. The third kappa shape index (κ3) is 4.96. The molecular formula is C12H19N5O3S. The molecule has 0 aliphatic carbocycles. The van der Waals surface area contributed by atoms with Crippen molar-refractivity contribution in [2.75, 3.05) is 27.2 Å². The van der Waals surface area contributed by atoms with E-state index in [1.165, 1.54) is 0 Å². The maximum Gasteiger partial charge on any atom is 0.269 e. The molecule has 1 aromatic rings. The number of amidine groups is 2. The monoisotopic (exact) mass is 313 g/mol. The minimum atomic E-state index is -1.59. The average molecular weight is 313 g/mol. The maximum atomic E-state index is 11.0. The summed E-state index contributed by atoms with van der Waals surface area (Å²) >= 11 is -1.59. The molecule has 0 aromatic carbocycles. The molecule has 8 nitrogen and oxygen atoms in total. The van der Waals surface area contributed by atoms with E-state index in [1.807, 2.05) is 31.1 Å². The van der Waals surface area contributed by atoms with Crippen molar-refractivity contribution >= 4 is 22.8 Å². The zero-order valence-corrected chi connectivity index (χ0v) is 12.9. The fourth-order valence-electron chi connectivity index (χ4n) is 1.71. The van der Waals surface area contributed by atoms with Gasteiger partial charge in [0.25, 0.3) is 11.2 Å². The van der Waals surface area contributed by atoms with E-state index in [0.717, 1.165) is 18.1 Å². The van der Waals surface area contributed by atoms with Crippen LogP contribution in [0, 0.1) is 0 Å². The Labute approximate surface area is 125 Å². The molecule has 0 radical (unpaired) electrons. The molecule has 0 saturated heterocycles. The molecule has 21 heavy (non-hydrogen) atoms. The number of nitrogens with one attached hydrogen (secondary N) is 1. The Balaban J connectivity index is 1.64. The van der Waals surface area contributed by atoms with Crippen molar-refractivity contribution in [1.29, 1.82) is 0 Å². The van der Waals surface area contributed by atoms with Crippen LogP contribution in [0.4, 0.5) is 0 Å². The van der Waals surface area contributed by atoms with Gasteiger partial charge >= 0.3 is 0 Å². The van der Waals surface area contributed by atoms with Gasteiger partial charge in [-0.25, -0.2) is 4.21 Å². The third-order valence-corrected chi connectivity index (χ3v) is 3.25. The maximum absolute atomic E-state index is 11.0. The molecule has 0 bridgehead atoms. The zero-order valence-electron chi connectivity index (χ0n) is 12.0. The van der Waals surface area contributed by atoms with Gasteiger partial charge in [-0.05, 0) is 26.2 Å². The summed E-state index contributed by atoms with van der Waals surface area (Å²) in [6, 6.07) is 3.85. The predicted molar refractivity (Wildman–Crippen MR) is 81.0 cm³/mol. The van der Waals surface area contributed by atoms with Crippen LogP contribution < -0.4 is 11.1 Å². The molecule has 1 aliphatic rings. The molecule has 9 heteroatoms. The van der Waals surface area contributed by atoms with Crippen molar-refractivity contribution in [3.8, 4) is 0 Å². The molecule has 0 saturated carbocycles. The molecule has 1 aliphatic heterocycles. The molecule has 1 atom stereocenters. The summed E-state index contributed by atoms with van der Waals surface area (Å²) in [7, 11) is 3.97. The summed E-state index contributed by atoms with van der Waals surface area (Å²) in [6.45, 7) is 2.11. The van der Waals surface area contributed by atoms with Crippen molar-refractivity contribution in [3.05, 3.63) is 23.7 Å². The van der Waals surface area contributed by atoms with Crippen molar-refractivity contribution in [1.82, 2.24) is 10.2 Å². The van der Waals surface area contributed by atoms with Gasteiger partial charge in [0.05, 0.1) is 13.2 Å². The predicted octanol–water partition coefficient (Wildman–Crippen LogP) is -0.205. The summed E-state index contributed by atoms with van der Waals surface area (Å²) in [5.74, 6) is 2.20. The number of furan rings is 1. The van der Waals surface area contributed by atoms with Crippen LogP contribution in [0.25, 0.3) is 0 Å². The number of nitrogens with two attached hydrogens (primary N) is 1. The second-order valence-corrected chi connectivity index (χ2v) is 5.56. The molecule has 1 unspecified atom stereocenters. The summed E-state index contributed by atoms with van der Waals surface area (Å²) in [5, 5.41) is 2.92. The first kappa shape index (κ1) is 15.7. The molecule has 3 N–H and O–H groups in total. The third-order valence-electron chi connectivity index (χ3n) is 2.56. The van der Waals surface area contributed by atoms with Crippen molar-refractivity contribution in [2.24, 2.45) is 14.5 Å². The molecule has 0 fully saturated rings. The van der Waals surface area contributed by atoms with E-state index in [-0.39, 0.29) is 5.84 Å². The SMILES string of the molecule is CN(C)Cc1ccc(COCCNC2=NS(=O)N=C2N)o1. The fourth-order valence-corrected chi connectivity index (χ4v) is 2.32. The summed E-state index contributed by atoms with van der Waals surface area (Å²) in [5.41, 5.74) is 5.52. The summed E-state index contributed by atoms with van der Waals surface area (Å²) in [4.78, 5) is 2.03. The molecule has 116 valence electrons. The highest BCUT2D eigenvalue weighted by Crippen LogP contribution is 2.10. The van der Waals surface area contributed by atoms with Crippen LogP contribution in [0.5, 0.6) is 0 Å². The standard InChI is InChI=1S/C12H19N5O3S/c1-17(2)7-9-3-4-10(20-9)8-19-6-5-14-12-11(13)15-21(18)16-12/h3-4H,5-8H2,1-2H3,(H2,13,15)(H,14,16). The van der Waals surface area contributed by atoms with Crippen molar-refractivity contribution in [2.45, 2.75) is 13.2 Å². The average Bonchev–Trinajstić information content (AvgIpc) is 2.95. The van der Waals surface area contributed by atoms with E-state index in [9.17, 15) is 4.21 Å². The van der Waals surface area contributed by atoms with Gasteiger partial charge in [-0.3, -0.25) is 0 Å². The Morgan fingerprint density at radius 2 is 2.14 bits per heavy atom. The smallest absolute Gasteiger partial charge is 0.269 e. The van der Waals surface area contributed by atoms with Gasteiger partial charge in [0.2, 0.25) is 0 Å². The second kappa shape index (κ2) is 7.34. The van der Waals surface area contributed by atoms with Gasteiger partial charge in [0.1, 0.15) is 18.1 Å². The Morgan fingerprint density at radius 1 is 1.38 bits per heavy atom. The van der Waals surface area contributed by atoms with Gasteiger partial charge in [-0.15, -0.1) is 8.80 Å². The minimum Gasteiger partial charge on any atom is -0.462 e. The normalized spacial score (nSPS) is 18.0. The van der Waals surface area contributed by atoms with Crippen LogP contribution >= 0.6 is 0 Å². The van der Waals surface area contributed by atoms with Crippen LogP contribution in [0.15, 0.2) is 25.3 Å². The highest BCUT2D eigenvalue weighted by Gasteiger charge is 2.14. The Hall–Kier alpha value is -1.71. The molecule has 0 amide bonds. The van der Waals surface area contributed by atoms with Crippen LogP contribution in [-0.4, -0.2) is 48.0 Å². The van der Waals surface area contributed by atoms with Gasteiger partial charge in [-0.2, -0.15) is 0 Å². The summed E-state index contributed by atoms with van der Waals surface area (Å²) in [6.07, 6.45) is 0.